The zero-order valence-electron chi connectivity index (χ0n) is 16.9. The van der Waals surface area contributed by atoms with Crippen LogP contribution in [0.1, 0.15) is 0 Å². The first kappa shape index (κ1) is 20.6. The van der Waals surface area contributed by atoms with Crippen molar-refractivity contribution in [3.8, 4) is 22.8 Å². The van der Waals surface area contributed by atoms with Crippen molar-refractivity contribution in [1.82, 2.24) is 0 Å². The minimum atomic E-state index is -3.77. The summed E-state index contributed by atoms with van der Waals surface area (Å²) in [5.74, 6) is 2.04. The quantitative estimate of drug-likeness (QED) is 0.509. The van der Waals surface area contributed by atoms with Gasteiger partial charge >= 0.3 is 0 Å². The van der Waals surface area contributed by atoms with Gasteiger partial charge in [-0.3, -0.25) is 0 Å². The summed E-state index contributed by atoms with van der Waals surface area (Å²) >= 11 is 0. The van der Waals surface area contributed by atoms with Gasteiger partial charge in [0.25, 0.3) is 0 Å². The van der Waals surface area contributed by atoms with Crippen LogP contribution >= 0.6 is 0 Å². The van der Waals surface area contributed by atoms with E-state index in [-0.39, 0.29) is 4.90 Å². The summed E-state index contributed by atoms with van der Waals surface area (Å²) in [6, 6.07) is 20.9. The second-order valence-electron chi connectivity index (χ2n) is 6.74. The Bertz CT molecular complexity index is 1410. The lowest BCUT2D eigenvalue weighted by molar-refractivity contribution is 0.414. The number of primary sulfonamides is 1. The van der Waals surface area contributed by atoms with Crippen LogP contribution in [0.2, 0.25) is 0 Å². The Morgan fingerprint density at radius 3 is 2.10 bits per heavy atom. The molecule has 0 unspecified atom stereocenters. The van der Waals surface area contributed by atoms with Crippen LogP contribution < -0.4 is 20.0 Å². The summed E-state index contributed by atoms with van der Waals surface area (Å²) in [5, 5.41) is 6.58. The lowest BCUT2D eigenvalue weighted by Crippen LogP contribution is -2.11. The molecule has 0 aliphatic rings. The van der Waals surface area contributed by atoms with E-state index in [4.69, 9.17) is 24.0 Å². The van der Waals surface area contributed by atoms with E-state index in [0.29, 0.717) is 28.1 Å². The SMILES string of the molecule is COc1ccc(-c2cc(=Nc3ccc(S(N)(=O)=O)cc3)c3cc(OC)ccc3o2)cc1. The third-order valence-electron chi connectivity index (χ3n) is 4.74. The van der Waals surface area contributed by atoms with E-state index >= 15 is 0 Å². The zero-order valence-corrected chi connectivity index (χ0v) is 17.7. The van der Waals surface area contributed by atoms with Crippen molar-refractivity contribution in [2.24, 2.45) is 10.1 Å². The predicted molar refractivity (Wildman–Crippen MR) is 118 cm³/mol. The Hall–Kier alpha value is -3.62. The van der Waals surface area contributed by atoms with Crippen molar-refractivity contribution in [2.75, 3.05) is 14.2 Å². The molecule has 0 bridgehead atoms. The maximum Gasteiger partial charge on any atom is 0.238 e. The molecule has 0 saturated carbocycles. The normalized spacial score (nSPS) is 12.2. The van der Waals surface area contributed by atoms with Gasteiger partial charge < -0.3 is 13.9 Å². The monoisotopic (exact) mass is 436 g/mol. The largest absolute Gasteiger partial charge is 0.497 e. The average Bonchev–Trinajstić information content (AvgIpc) is 2.78. The van der Waals surface area contributed by atoms with Crippen LogP contribution in [0.25, 0.3) is 22.3 Å². The first-order valence-corrected chi connectivity index (χ1v) is 10.9. The Morgan fingerprint density at radius 1 is 0.839 bits per heavy atom. The standard InChI is InChI=1S/C23H20N2O5S/c1-28-17-7-3-15(4-8-17)23-14-21(20-13-18(29-2)9-12-22(20)30-23)25-16-5-10-19(11-6-16)31(24,26)27/h3-14H,1-2H3,(H2,24,26,27). The molecule has 0 saturated heterocycles. The van der Waals surface area contributed by atoms with Crippen LogP contribution in [0, 0.1) is 0 Å². The van der Waals surface area contributed by atoms with E-state index in [1.54, 1.807) is 26.4 Å². The molecule has 31 heavy (non-hydrogen) atoms. The van der Waals surface area contributed by atoms with Crippen molar-refractivity contribution in [1.29, 1.82) is 0 Å². The van der Waals surface area contributed by atoms with Crippen molar-refractivity contribution in [3.63, 3.8) is 0 Å². The lowest BCUT2D eigenvalue weighted by atomic mass is 10.1. The number of rotatable bonds is 5. The Kier molecular flexibility index (Phi) is 5.50. The highest BCUT2D eigenvalue weighted by atomic mass is 32.2. The third kappa shape index (κ3) is 4.45. The van der Waals surface area contributed by atoms with Crippen LogP contribution in [0.5, 0.6) is 11.5 Å². The number of sulfonamides is 1. The summed E-state index contributed by atoms with van der Waals surface area (Å²) < 4.78 is 39.7. The van der Waals surface area contributed by atoms with Crippen molar-refractivity contribution in [3.05, 3.63) is 78.2 Å². The number of hydrogen-bond donors (Lipinski definition) is 1. The van der Waals surface area contributed by atoms with E-state index < -0.39 is 10.0 Å². The van der Waals surface area contributed by atoms with E-state index in [2.05, 4.69) is 0 Å². The third-order valence-corrected chi connectivity index (χ3v) is 5.67. The van der Waals surface area contributed by atoms with Gasteiger partial charge in [-0.05, 0) is 66.7 Å². The zero-order chi connectivity index (χ0) is 22.0. The summed E-state index contributed by atoms with van der Waals surface area (Å²) in [6.07, 6.45) is 0. The molecule has 8 heteroatoms. The molecular formula is C23H20N2O5S. The molecule has 7 nitrogen and oxygen atoms in total. The molecule has 0 fully saturated rings. The van der Waals surface area contributed by atoms with Crippen molar-refractivity contribution in [2.45, 2.75) is 4.90 Å². The highest BCUT2D eigenvalue weighted by Gasteiger charge is 2.09. The number of benzene rings is 3. The van der Waals surface area contributed by atoms with Gasteiger partial charge in [0.15, 0.2) is 0 Å². The van der Waals surface area contributed by atoms with Gasteiger partial charge in [0.2, 0.25) is 10.0 Å². The molecule has 0 aliphatic heterocycles. The molecule has 4 rings (SSSR count). The van der Waals surface area contributed by atoms with Gasteiger partial charge in [-0.1, -0.05) is 0 Å². The van der Waals surface area contributed by atoms with Gasteiger partial charge in [-0.15, -0.1) is 0 Å². The maximum absolute atomic E-state index is 11.5. The second kappa shape index (κ2) is 8.25. The van der Waals surface area contributed by atoms with Gasteiger partial charge in [0.1, 0.15) is 22.8 Å². The number of fused-ring (bicyclic) bond motifs is 1. The van der Waals surface area contributed by atoms with E-state index in [1.807, 2.05) is 48.5 Å². The summed E-state index contributed by atoms with van der Waals surface area (Å²) in [6.45, 7) is 0. The van der Waals surface area contributed by atoms with Crippen molar-refractivity contribution < 1.29 is 22.3 Å². The highest BCUT2D eigenvalue weighted by Crippen LogP contribution is 2.27. The number of nitrogens with two attached hydrogens (primary N) is 1. The van der Waals surface area contributed by atoms with E-state index in [9.17, 15) is 8.42 Å². The van der Waals surface area contributed by atoms with Gasteiger partial charge in [-0.25, -0.2) is 18.5 Å². The van der Waals surface area contributed by atoms with Gasteiger partial charge in [-0.2, -0.15) is 0 Å². The molecule has 0 radical (unpaired) electrons. The lowest BCUT2D eigenvalue weighted by Gasteiger charge is -2.08. The molecule has 4 aromatic rings. The smallest absolute Gasteiger partial charge is 0.238 e. The van der Waals surface area contributed by atoms with Crippen LogP contribution in [-0.2, 0) is 10.0 Å². The minimum Gasteiger partial charge on any atom is -0.497 e. The molecule has 0 aliphatic carbocycles. The van der Waals surface area contributed by atoms with Crippen LogP contribution in [0.3, 0.4) is 0 Å². The van der Waals surface area contributed by atoms with Gasteiger partial charge in [0.05, 0.1) is 30.2 Å². The first-order valence-electron chi connectivity index (χ1n) is 9.31. The maximum atomic E-state index is 11.5. The van der Waals surface area contributed by atoms with Crippen LogP contribution in [-0.4, -0.2) is 22.6 Å². The predicted octanol–water partition coefficient (Wildman–Crippen LogP) is 4.00. The van der Waals surface area contributed by atoms with E-state index in [1.165, 1.54) is 12.1 Å². The van der Waals surface area contributed by atoms with Crippen LogP contribution in [0.4, 0.5) is 5.69 Å². The summed E-state index contributed by atoms with van der Waals surface area (Å²) in [7, 11) is -0.566. The Morgan fingerprint density at radius 2 is 1.48 bits per heavy atom. The molecule has 2 N–H and O–H groups in total. The minimum absolute atomic E-state index is 0.0277. The van der Waals surface area contributed by atoms with Crippen LogP contribution in [0.15, 0.2) is 87.1 Å². The number of methoxy groups -OCH3 is 2. The van der Waals surface area contributed by atoms with Crippen molar-refractivity contribution >= 4 is 26.7 Å². The van der Waals surface area contributed by atoms with E-state index in [0.717, 1.165) is 16.7 Å². The second-order valence-corrected chi connectivity index (χ2v) is 8.30. The average molecular weight is 436 g/mol. The molecular weight excluding hydrogens is 416 g/mol. The summed E-state index contributed by atoms with van der Waals surface area (Å²) in [4.78, 5) is 4.74. The molecule has 0 spiro atoms. The fourth-order valence-corrected chi connectivity index (χ4v) is 3.63. The first-order chi connectivity index (χ1) is 14.9. The fraction of sp³-hybridized carbons (Fsp3) is 0.0870. The molecule has 1 aromatic heterocycles. The topological polar surface area (TPSA) is 104 Å². The Labute approximate surface area is 179 Å². The molecule has 3 aromatic carbocycles. The van der Waals surface area contributed by atoms with Gasteiger partial charge in [0, 0.05) is 17.0 Å². The number of ether oxygens (including phenoxy) is 2. The molecule has 0 atom stereocenters. The number of nitrogens with zero attached hydrogens (tertiary/aromatic N) is 1. The molecule has 1 heterocycles. The Balaban J connectivity index is 1.91. The highest BCUT2D eigenvalue weighted by molar-refractivity contribution is 7.89. The fourth-order valence-electron chi connectivity index (χ4n) is 3.11. The molecule has 0 amide bonds. The summed E-state index contributed by atoms with van der Waals surface area (Å²) in [5.41, 5.74) is 2.07. The molecule has 158 valence electrons. The number of hydrogen-bond acceptors (Lipinski definition) is 6.